The maximum Gasteiger partial charge on any atom is 0.161 e. The minimum absolute atomic E-state index is 0.0217. The predicted molar refractivity (Wildman–Crippen MR) is 78.1 cm³/mol. The summed E-state index contributed by atoms with van der Waals surface area (Å²) in [5, 5.41) is 0. The molecule has 0 fully saturated rings. The van der Waals surface area contributed by atoms with E-state index < -0.39 is 0 Å². The van der Waals surface area contributed by atoms with E-state index in [-0.39, 0.29) is 6.04 Å². The second kappa shape index (κ2) is 6.43. The van der Waals surface area contributed by atoms with E-state index in [0.717, 1.165) is 23.7 Å². The molecule has 1 aromatic carbocycles. The molecule has 0 saturated heterocycles. The highest BCUT2D eigenvalue weighted by molar-refractivity contribution is 5.43. The Balaban J connectivity index is 2.00. The summed E-state index contributed by atoms with van der Waals surface area (Å²) in [6.45, 7) is 5.23. The van der Waals surface area contributed by atoms with Gasteiger partial charge in [-0.25, -0.2) is 4.98 Å². The summed E-state index contributed by atoms with van der Waals surface area (Å²) in [7, 11) is 1.63. The lowest BCUT2D eigenvalue weighted by atomic mass is 10.1. The van der Waals surface area contributed by atoms with Crippen LogP contribution in [0.4, 0.5) is 0 Å². The molecule has 2 aromatic rings. The fourth-order valence-electron chi connectivity index (χ4n) is 1.98. The molecule has 108 valence electrons. The molecule has 1 atom stereocenters. The smallest absolute Gasteiger partial charge is 0.161 e. The number of aryl methyl sites for hydroxylation is 1. The van der Waals surface area contributed by atoms with Gasteiger partial charge in [-0.15, -0.1) is 0 Å². The first kappa shape index (κ1) is 14.4. The van der Waals surface area contributed by atoms with Crippen LogP contribution in [0.25, 0.3) is 0 Å². The molecule has 5 heteroatoms. The van der Waals surface area contributed by atoms with Crippen LogP contribution in [0.2, 0.25) is 0 Å². The predicted octanol–water partition coefficient (Wildman–Crippen LogP) is 2.30. The first-order chi connectivity index (χ1) is 9.61. The Hall–Kier alpha value is -2.01. The molecule has 0 spiro atoms. The van der Waals surface area contributed by atoms with E-state index in [0.29, 0.717) is 12.4 Å². The van der Waals surface area contributed by atoms with Crippen LogP contribution < -0.4 is 15.2 Å². The second-order valence-electron chi connectivity index (χ2n) is 4.72. The summed E-state index contributed by atoms with van der Waals surface area (Å²) in [6, 6.07) is 5.76. The topological polar surface area (TPSA) is 62.3 Å². The fourth-order valence-corrected chi connectivity index (χ4v) is 1.98. The monoisotopic (exact) mass is 275 g/mol. The third-order valence-electron chi connectivity index (χ3n) is 3.23. The van der Waals surface area contributed by atoms with E-state index in [1.54, 1.807) is 13.3 Å². The molecule has 0 aliphatic rings. The van der Waals surface area contributed by atoms with E-state index in [4.69, 9.17) is 15.2 Å². The zero-order valence-corrected chi connectivity index (χ0v) is 12.2. The summed E-state index contributed by atoms with van der Waals surface area (Å²) in [5.74, 6) is 2.42. The largest absolute Gasteiger partial charge is 0.493 e. The molecule has 5 nitrogen and oxygen atoms in total. The number of rotatable bonds is 6. The fraction of sp³-hybridized carbons (Fsp3) is 0.400. The van der Waals surface area contributed by atoms with Crippen LogP contribution in [-0.4, -0.2) is 23.3 Å². The molecule has 0 amide bonds. The van der Waals surface area contributed by atoms with Gasteiger partial charge in [-0.3, -0.25) is 0 Å². The molecule has 0 aliphatic carbocycles. The van der Waals surface area contributed by atoms with E-state index >= 15 is 0 Å². The Bertz CT molecular complexity index is 564. The zero-order valence-electron chi connectivity index (χ0n) is 12.2. The number of hydrogen-bond donors (Lipinski definition) is 1. The van der Waals surface area contributed by atoms with Gasteiger partial charge in [-0.1, -0.05) is 6.07 Å². The van der Waals surface area contributed by atoms with Gasteiger partial charge in [0.05, 0.1) is 13.7 Å². The van der Waals surface area contributed by atoms with Crippen LogP contribution in [0.3, 0.4) is 0 Å². The Morgan fingerprint density at radius 2 is 2.15 bits per heavy atom. The molecule has 20 heavy (non-hydrogen) atoms. The minimum Gasteiger partial charge on any atom is -0.493 e. The maximum atomic E-state index is 5.86. The van der Waals surface area contributed by atoms with Crippen LogP contribution in [0.1, 0.15) is 24.4 Å². The SMILES string of the molecule is COc1cc([C@@H](C)N)ccc1OCCn1ccnc1C. The lowest BCUT2D eigenvalue weighted by Crippen LogP contribution is -2.10. The summed E-state index contributed by atoms with van der Waals surface area (Å²) in [4.78, 5) is 4.18. The normalized spacial score (nSPS) is 12.2. The van der Waals surface area contributed by atoms with Gasteiger partial charge >= 0.3 is 0 Å². The lowest BCUT2D eigenvalue weighted by molar-refractivity contribution is 0.278. The van der Waals surface area contributed by atoms with Gasteiger partial charge in [-0.2, -0.15) is 0 Å². The van der Waals surface area contributed by atoms with E-state index in [2.05, 4.69) is 4.98 Å². The van der Waals surface area contributed by atoms with E-state index in [1.807, 2.05) is 42.8 Å². The molecule has 2 N–H and O–H groups in total. The van der Waals surface area contributed by atoms with Gasteiger partial charge < -0.3 is 19.8 Å². The van der Waals surface area contributed by atoms with Gasteiger partial charge in [0.25, 0.3) is 0 Å². The summed E-state index contributed by atoms with van der Waals surface area (Å²) in [5.41, 5.74) is 6.89. The lowest BCUT2D eigenvalue weighted by Gasteiger charge is -2.14. The molecule has 0 bridgehead atoms. The maximum absolute atomic E-state index is 5.86. The third-order valence-corrected chi connectivity index (χ3v) is 3.23. The van der Waals surface area contributed by atoms with Crippen molar-refractivity contribution in [3.8, 4) is 11.5 Å². The standard InChI is InChI=1S/C15H21N3O2/c1-11(16)13-4-5-14(15(10-13)19-3)20-9-8-18-7-6-17-12(18)2/h4-7,10-11H,8-9,16H2,1-3H3/t11-/m1/s1. The highest BCUT2D eigenvalue weighted by Gasteiger charge is 2.08. The molecule has 1 aromatic heterocycles. The van der Waals surface area contributed by atoms with E-state index in [1.165, 1.54) is 0 Å². The Labute approximate surface area is 119 Å². The van der Waals surface area contributed by atoms with Crippen molar-refractivity contribution >= 4 is 0 Å². The number of ether oxygens (including phenoxy) is 2. The van der Waals surface area contributed by atoms with Crippen molar-refractivity contribution in [2.45, 2.75) is 26.4 Å². The summed E-state index contributed by atoms with van der Waals surface area (Å²) >= 11 is 0. The van der Waals surface area contributed by atoms with Crippen LogP contribution in [0.15, 0.2) is 30.6 Å². The van der Waals surface area contributed by atoms with Crippen LogP contribution in [-0.2, 0) is 6.54 Å². The number of nitrogens with two attached hydrogens (primary N) is 1. The molecular formula is C15H21N3O2. The first-order valence-corrected chi connectivity index (χ1v) is 6.66. The molecule has 0 radical (unpaired) electrons. The average Bonchev–Trinajstić information content (AvgIpc) is 2.84. The third kappa shape index (κ3) is 3.30. The van der Waals surface area contributed by atoms with Gasteiger partial charge in [0.1, 0.15) is 12.4 Å². The van der Waals surface area contributed by atoms with Crippen molar-refractivity contribution in [3.63, 3.8) is 0 Å². The molecule has 1 heterocycles. The molecule has 0 unspecified atom stereocenters. The Morgan fingerprint density at radius 3 is 2.75 bits per heavy atom. The van der Waals surface area contributed by atoms with Crippen molar-refractivity contribution in [2.24, 2.45) is 5.73 Å². The van der Waals surface area contributed by atoms with Crippen molar-refractivity contribution < 1.29 is 9.47 Å². The van der Waals surface area contributed by atoms with Crippen molar-refractivity contribution in [2.75, 3.05) is 13.7 Å². The quantitative estimate of drug-likeness (QED) is 0.878. The van der Waals surface area contributed by atoms with Crippen LogP contribution >= 0.6 is 0 Å². The molecular weight excluding hydrogens is 254 g/mol. The van der Waals surface area contributed by atoms with Gasteiger partial charge in [-0.05, 0) is 31.5 Å². The number of nitrogens with zero attached hydrogens (tertiary/aromatic N) is 2. The number of hydrogen-bond acceptors (Lipinski definition) is 4. The molecule has 0 aliphatic heterocycles. The van der Waals surface area contributed by atoms with Gasteiger partial charge in [0, 0.05) is 18.4 Å². The zero-order chi connectivity index (χ0) is 14.5. The van der Waals surface area contributed by atoms with Crippen LogP contribution in [0, 0.1) is 6.92 Å². The highest BCUT2D eigenvalue weighted by atomic mass is 16.5. The second-order valence-corrected chi connectivity index (χ2v) is 4.72. The summed E-state index contributed by atoms with van der Waals surface area (Å²) in [6.07, 6.45) is 3.72. The number of aromatic nitrogens is 2. The average molecular weight is 275 g/mol. The highest BCUT2D eigenvalue weighted by Crippen LogP contribution is 2.29. The summed E-state index contributed by atoms with van der Waals surface area (Å²) < 4.78 is 13.2. The number of benzene rings is 1. The number of methoxy groups -OCH3 is 1. The molecule has 2 rings (SSSR count). The first-order valence-electron chi connectivity index (χ1n) is 6.66. The van der Waals surface area contributed by atoms with Crippen molar-refractivity contribution in [3.05, 3.63) is 42.0 Å². The van der Waals surface area contributed by atoms with Crippen molar-refractivity contribution in [1.82, 2.24) is 9.55 Å². The van der Waals surface area contributed by atoms with Gasteiger partial charge in [0.2, 0.25) is 0 Å². The van der Waals surface area contributed by atoms with E-state index in [9.17, 15) is 0 Å². The van der Waals surface area contributed by atoms with Crippen LogP contribution in [0.5, 0.6) is 11.5 Å². The molecule has 0 saturated carbocycles. The number of imidazole rings is 1. The Kier molecular flexibility index (Phi) is 4.63. The minimum atomic E-state index is -0.0217. The Morgan fingerprint density at radius 1 is 1.35 bits per heavy atom. The van der Waals surface area contributed by atoms with Gasteiger partial charge in [0.15, 0.2) is 11.5 Å². The van der Waals surface area contributed by atoms with Crippen molar-refractivity contribution in [1.29, 1.82) is 0 Å².